The number of ether oxygens (including phenoxy) is 1. The van der Waals surface area contributed by atoms with Gasteiger partial charge in [-0.25, -0.2) is 9.59 Å². The number of aliphatic imine (C=N–C) groups is 1. The lowest BCUT2D eigenvalue weighted by Crippen LogP contribution is -2.53. The molecule has 1 unspecified atom stereocenters. The molecule has 0 bridgehead atoms. The molecule has 1 spiro atoms. The Hall–Kier alpha value is -2.64. The summed E-state index contributed by atoms with van der Waals surface area (Å²) in [5, 5.41) is 2.97. The van der Waals surface area contributed by atoms with Crippen LogP contribution in [0.1, 0.15) is 32.1 Å². The number of amides is 3. The second-order valence-electron chi connectivity index (χ2n) is 7.07. The molecule has 1 aromatic heterocycles. The van der Waals surface area contributed by atoms with Gasteiger partial charge in [-0.1, -0.05) is 12.8 Å². The van der Waals surface area contributed by atoms with E-state index in [-0.39, 0.29) is 18.2 Å². The highest BCUT2D eigenvalue weighted by Crippen LogP contribution is 2.37. The smallest absolute Gasteiger partial charge is 0.409 e. The van der Waals surface area contributed by atoms with Crippen molar-refractivity contribution in [2.75, 3.05) is 25.1 Å². The lowest BCUT2D eigenvalue weighted by molar-refractivity contribution is 0.132. The van der Waals surface area contributed by atoms with E-state index in [0.29, 0.717) is 31.0 Å². The molecule has 1 aliphatic carbocycles. The highest BCUT2D eigenvalue weighted by atomic mass is 16.5. The number of pyridine rings is 1. The lowest BCUT2D eigenvalue weighted by Gasteiger charge is -2.33. The summed E-state index contributed by atoms with van der Waals surface area (Å²) in [4.78, 5) is 37.3. The summed E-state index contributed by atoms with van der Waals surface area (Å²) in [6.07, 6.45) is 8.00. The maximum absolute atomic E-state index is 12.8. The second-order valence-corrected chi connectivity index (χ2v) is 7.07. The summed E-state index contributed by atoms with van der Waals surface area (Å²) < 4.78 is 4.88. The summed E-state index contributed by atoms with van der Waals surface area (Å²) in [5.74, 6) is 0.671. The number of carbonyl (C=O) groups excluding carboxylic acids is 2. The van der Waals surface area contributed by atoms with Crippen LogP contribution in [-0.2, 0) is 4.74 Å². The fourth-order valence-electron chi connectivity index (χ4n) is 4.25. The number of methoxy groups -OCH3 is 1. The van der Waals surface area contributed by atoms with Crippen molar-refractivity contribution in [3.63, 3.8) is 0 Å². The SMILES string of the molecule is COC(=O)N1CCC2(C1)C(=NC1CCCC1)NC(=O)N2c1cccnc1. The van der Waals surface area contributed by atoms with Crippen LogP contribution in [0.15, 0.2) is 29.5 Å². The Morgan fingerprint density at radius 1 is 1.42 bits per heavy atom. The average molecular weight is 357 g/mol. The van der Waals surface area contributed by atoms with Crippen molar-refractivity contribution in [2.45, 2.75) is 43.7 Å². The summed E-state index contributed by atoms with van der Waals surface area (Å²) in [5.41, 5.74) is 0.0185. The maximum atomic E-state index is 12.8. The quantitative estimate of drug-likeness (QED) is 0.879. The first-order valence-electron chi connectivity index (χ1n) is 9.06. The molecule has 1 saturated carbocycles. The van der Waals surface area contributed by atoms with Crippen molar-refractivity contribution in [2.24, 2.45) is 4.99 Å². The Kier molecular flexibility index (Phi) is 4.26. The van der Waals surface area contributed by atoms with Crippen LogP contribution in [0.2, 0.25) is 0 Å². The van der Waals surface area contributed by atoms with E-state index in [0.717, 1.165) is 12.8 Å². The Morgan fingerprint density at radius 2 is 2.23 bits per heavy atom. The zero-order valence-corrected chi connectivity index (χ0v) is 14.9. The minimum absolute atomic E-state index is 0.221. The van der Waals surface area contributed by atoms with Crippen molar-refractivity contribution in [1.29, 1.82) is 0 Å². The number of nitrogens with zero attached hydrogens (tertiary/aromatic N) is 4. The van der Waals surface area contributed by atoms with E-state index < -0.39 is 5.54 Å². The third kappa shape index (κ3) is 2.69. The van der Waals surface area contributed by atoms with Crippen LogP contribution in [0.3, 0.4) is 0 Å². The number of rotatable bonds is 2. The molecule has 138 valence electrons. The van der Waals surface area contributed by atoms with Crippen LogP contribution in [0, 0.1) is 0 Å². The number of hydrogen-bond acceptors (Lipinski definition) is 5. The molecule has 0 radical (unpaired) electrons. The van der Waals surface area contributed by atoms with Crippen LogP contribution in [0.5, 0.6) is 0 Å². The number of amidine groups is 1. The standard InChI is InChI=1S/C18H23N5O3/c1-26-17(25)22-10-8-18(12-22)15(20-13-5-2-3-6-13)21-16(24)23(18)14-7-4-9-19-11-14/h4,7,9,11,13H,2-3,5-6,8,10,12H2,1H3,(H,20,21,24). The molecule has 2 saturated heterocycles. The van der Waals surface area contributed by atoms with Crippen molar-refractivity contribution >= 4 is 23.6 Å². The molecule has 4 rings (SSSR count). The lowest BCUT2D eigenvalue weighted by atomic mass is 9.95. The number of urea groups is 1. The molecule has 8 heteroatoms. The van der Waals surface area contributed by atoms with Gasteiger partial charge < -0.3 is 9.64 Å². The summed E-state index contributed by atoms with van der Waals surface area (Å²) in [6, 6.07) is 3.67. The van der Waals surface area contributed by atoms with Crippen molar-refractivity contribution in [3.05, 3.63) is 24.5 Å². The molecular weight excluding hydrogens is 334 g/mol. The Labute approximate surface area is 152 Å². The van der Waals surface area contributed by atoms with Gasteiger partial charge in [-0.15, -0.1) is 0 Å². The van der Waals surface area contributed by atoms with Gasteiger partial charge in [-0.3, -0.25) is 20.2 Å². The van der Waals surface area contributed by atoms with E-state index in [9.17, 15) is 9.59 Å². The molecule has 1 aromatic rings. The fraction of sp³-hybridized carbons (Fsp3) is 0.556. The number of nitrogens with one attached hydrogen (secondary N) is 1. The molecule has 1 atom stereocenters. The predicted molar refractivity (Wildman–Crippen MR) is 96.3 cm³/mol. The molecule has 0 aromatic carbocycles. The van der Waals surface area contributed by atoms with Crippen molar-refractivity contribution in [3.8, 4) is 0 Å². The number of anilines is 1. The van der Waals surface area contributed by atoms with Gasteiger partial charge in [-0.2, -0.15) is 0 Å². The highest BCUT2D eigenvalue weighted by Gasteiger charge is 2.56. The molecule has 3 aliphatic rings. The van der Waals surface area contributed by atoms with E-state index in [4.69, 9.17) is 9.73 Å². The molecule has 3 fully saturated rings. The topological polar surface area (TPSA) is 87.1 Å². The van der Waals surface area contributed by atoms with Crippen LogP contribution in [0.4, 0.5) is 15.3 Å². The first-order chi connectivity index (χ1) is 12.6. The van der Waals surface area contributed by atoms with E-state index in [1.807, 2.05) is 6.07 Å². The third-order valence-corrected chi connectivity index (χ3v) is 5.52. The van der Waals surface area contributed by atoms with Gasteiger partial charge in [0.1, 0.15) is 11.4 Å². The number of aromatic nitrogens is 1. The Bertz CT molecular complexity index is 732. The molecule has 2 aliphatic heterocycles. The molecular formula is C18H23N5O3. The van der Waals surface area contributed by atoms with Crippen molar-refractivity contribution < 1.29 is 14.3 Å². The molecule has 3 amide bonds. The summed E-state index contributed by atoms with van der Waals surface area (Å²) >= 11 is 0. The van der Waals surface area contributed by atoms with E-state index in [1.54, 1.807) is 28.3 Å². The monoisotopic (exact) mass is 357 g/mol. The number of hydrogen-bond donors (Lipinski definition) is 1. The van der Waals surface area contributed by atoms with Crippen LogP contribution in [-0.4, -0.2) is 59.6 Å². The van der Waals surface area contributed by atoms with E-state index in [2.05, 4.69) is 10.3 Å². The normalized spacial score (nSPS) is 27.6. The Morgan fingerprint density at radius 3 is 2.92 bits per heavy atom. The fourth-order valence-corrected chi connectivity index (χ4v) is 4.25. The minimum Gasteiger partial charge on any atom is -0.453 e. The zero-order valence-electron chi connectivity index (χ0n) is 14.9. The maximum Gasteiger partial charge on any atom is 0.409 e. The van der Waals surface area contributed by atoms with Gasteiger partial charge in [0, 0.05) is 12.7 Å². The third-order valence-electron chi connectivity index (χ3n) is 5.52. The first kappa shape index (κ1) is 16.8. The van der Waals surface area contributed by atoms with Crippen molar-refractivity contribution in [1.82, 2.24) is 15.2 Å². The number of carbonyl (C=O) groups is 2. The van der Waals surface area contributed by atoms with Crippen LogP contribution in [0.25, 0.3) is 0 Å². The summed E-state index contributed by atoms with van der Waals surface area (Å²) in [6.45, 7) is 0.876. The summed E-state index contributed by atoms with van der Waals surface area (Å²) in [7, 11) is 1.37. The van der Waals surface area contributed by atoms with Gasteiger partial charge in [0.25, 0.3) is 0 Å². The van der Waals surface area contributed by atoms with Crippen LogP contribution >= 0.6 is 0 Å². The average Bonchev–Trinajstić information content (AvgIpc) is 3.37. The van der Waals surface area contributed by atoms with Gasteiger partial charge in [0.2, 0.25) is 0 Å². The highest BCUT2D eigenvalue weighted by molar-refractivity contribution is 6.19. The van der Waals surface area contributed by atoms with Gasteiger partial charge in [0.15, 0.2) is 0 Å². The largest absolute Gasteiger partial charge is 0.453 e. The molecule has 1 N–H and O–H groups in total. The molecule has 3 heterocycles. The predicted octanol–water partition coefficient (Wildman–Crippen LogP) is 2.16. The van der Waals surface area contributed by atoms with Gasteiger partial charge in [-0.05, 0) is 31.4 Å². The zero-order chi connectivity index (χ0) is 18.1. The Balaban J connectivity index is 1.74. The van der Waals surface area contributed by atoms with Gasteiger partial charge >= 0.3 is 12.1 Å². The molecule has 8 nitrogen and oxygen atoms in total. The second kappa shape index (κ2) is 6.59. The minimum atomic E-state index is -0.684. The first-order valence-corrected chi connectivity index (χ1v) is 9.06. The van der Waals surface area contributed by atoms with E-state index in [1.165, 1.54) is 20.0 Å². The molecule has 26 heavy (non-hydrogen) atoms. The number of likely N-dealkylation sites (tertiary alicyclic amines) is 1. The van der Waals surface area contributed by atoms with E-state index >= 15 is 0 Å². The van der Waals surface area contributed by atoms with Gasteiger partial charge in [0.05, 0.1) is 31.6 Å². The van der Waals surface area contributed by atoms with Crippen LogP contribution < -0.4 is 10.2 Å².